The van der Waals surface area contributed by atoms with Crippen molar-refractivity contribution >= 4 is 34.2 Å². The Bertz CT molecular complexity index is 1760. The first kappa shape index (κ1) is 23.8. The molecule has 1 atom stereocenters. The molecule has 5 aromatic rings. The third kappa shape index (κ3) is 3.99. The van der Waals surface area contributed by atoms with Crippen LogP contribution in [0.3, 0.4) is 0 Å². The van der Waals surface area contributed by atoms with E-state index in [2.05, 4.69) is 0 Å². The summed E-state index contributed by atoms with van der Waals surface area (Å²) < 4.78 is 17.4. The highest BCUT2D eigenvalue weighted by Gasteiger charge is 2.44. The summed E-state index contributed by atoms with van der Waals surface area (Å²) in [5.41, 5.74) is 2.50. The summed E-state index contributed by atoms with van der Waals surface area (Å²) in [6, 6.07) is 26.4. The van der Waals surface area contributed by atoms with Gasteiger partial charge < -0.3 is 13.9 Å². The fraction of sp³-hybridized carbons (Fsp3) is 0.0968. The number of para-hydroxylation sites is 1. The van der Waals surface area contributed by atoms with E-state index in [-0.39, 0.29) is 16.8 Å². The van der Waals surface area contributed by atoms with Crippen LogP contribution in [0, 0.1) is 6.92 Å². The molecule has 6 nitrogen and oxygen atoms in total. The summed E-state index contributed by atoms with van der Waals surface area (Å²) >= 11 is 6.44. The van der Waals surface area contributed by atoms with Crippen LogP contribution in [0.4, 0.5) is 5.69 Å². The molecule has 0 bridgehead atoms. The Balaban J connectivity index is 1.56. The Hall–Kier alpha value is -4.55. The van der Waals surface area contributed by atoms with E-state index in [9.17, 15) is 9.59 Å². The molecule has 4 aromatic carbocycles. The van der Waals surface area contributed by atoms with Crippen LogP contribution in [-0.2, 0) is 0 Å². The van der Waals surface area contributed by atoms with E-state index in [1.165, 1.54) is 12.0 Å². The Morgan fingerprint density at radius 2 is 1.66 bits per heavy atom. The zero-order chi connectivity index (χ0) is 26.4. The molecule has 1 aliphatic heterocycles. The molecule has 0 radical (unpaired) electrons. The molecular formula is C31H22ClNO5. The summed E-state index contributed by atoms with van der Waals surface area (Å²) in [6.07, 6.45) is 0. The Kier molecular flexibility index (Phi) is 5.89. The molecule has 0 N–H and O–H groups in total. The van der Waals surface area contributed by atoms with E-state index < -0.39 is 11.9 Å². The highest BCUT2D eigenvalue weighted by atomic mass is 35.5. The van der Waals surface area contributed by atoms with Crippen molar-refractivity contribution in [3.63, 3.8) is 0 Å². The van der Waals surface area contributed by atoms with Crippen molar-refractivity contribution in [2.75, 3.05) is 12.0 Å². The molecule has 38 heavy (non-hydrogen) atoms. The molecule has 0 saturated heterocycles. The number of hydrogen-bond donors (Lipinski definition) is 0. The van der Waals surface area contributed by atoms with Gasteiger partial charge in [-0.05, 0) is 67.1 Å². The van der Waals surface area contributed by atoms with E-state index in [1.807, 2.05) is 67.6 Å². The van der Waals surface area contributed by atoms with Gasteiger partial charge >= 0.3 is 0 Å². The third-order valence-corrected chi connectivity index (χ3v) is 6.89. The smallest absolute Gasteiger partial charge is 0.295 e. The highest BCUT2D eigenvalue weighted by molar-refractivity contribution is 6.32. The minimum atomic E-state index is -0.762. The van der Waals surface area contributed by atoms with E-state index in [1.54, 1.807) is 30.3 Å². The fourth-order valence-corrected chi connectivity index (χ4v) is 5.10. The summed E-state index contributed by atoms with van der Waals surface area (Å²) in [5, 5.41) is 0.765. The van der Waals surface area contributed by atoms with Crippen molar-refractivity contribution in [1.29, 1.82) is 0 Å². The average molecular weight is 524 g/mol. The minimum Gasteiger partial charge on any atom is -0.495 e. The van der Waals surface area contributed by atoms with Crippen molar-refractivity contribution < 1.29 is 18.7 Å². The number of carbonyl (C=O) groups excluding carboxylic acids is 1. The lowest BCUT2D eigenvalue weighted by molar-refractivity contribution is 0.0971. The van der Waals surface area contributed by atoms with Crippen LogP contribution in [0.5, 0.6) is 17.2 Å². The number of anilines is 1. The van der Waals surface area contributed by atoms with Gasteiger partial charge in [0.2, 0.25) is 5.76 Å². The fourth-order valence-electron chi connectivity index (χ4n) is 4.85. The predicted molar refractivity (Wildman–Crippen MR) is 147 cm³/mol. The molecule has 188 valence electrons. The minimum absolute atomic E-state index is 0.0117. The second-order valence-corrected chi connectivity index (χ2v) is 9.46. The van der Waals surface area contributed by atoms with Crippen molar-refractivity contribution in [1.82, 2.24) is 0 Å². The van der Waals surface area contributed by atoms with E-state index in [0.29, 0.717) is 44.5 Å². The molecule has 0 fully saturated rings. The topological polar surface area (TPSA) is 69.0 Å². The van der Waals surface area contributed by atoms with Gasteiger partial charge in [0.25, 0.3) is 5.91 Å². The van der Waals surface area contributed by atoms with Crippen LogP contribution in [0.1, 0.15) is 33.3 Å². The molecule has 1 aromatic heterocycles. The highest BCUT2D eigenvalue weighted by Crippen LogP contribution is 2.43. The lowest BCUT2D eigenvalue weighted by Gasteiger charge is -2.26. The summed E-state index contributed by atoms with van der Waals surface area (Å²) in [4.78, 5) is 29.3. The summed E-state index contributed by atoms with van der Waals surface area (Å²) in [7, 11) is 1.52. The van der Waals surface area contributed by atoms with Gasteiger partial charge in [0.15, 0.2) is 5.43 Å². The number of benzene rings is 4. The Labute approximate surface area is 223 Å². The number of aryl methyl sites for hydroxylation is 1. The predicted octanol–water partition coefficient (Wildman–Crippen LogP) is 7.31. The number of carbonyl (C=O) groups is 1. The zero-order valence-corrected chi connectivity index (χ0v) is 21.4. The summed E-state index contributed by atoms with van der Waals surface area (Å²) in [5.74, 6) is 1.30. The van der Waals surface area contributed by atoms with Crippen molar-refractivity contribution in [2.24, 2.45) is 0 Å². The number of rotatable bonds is 5. The van der Waals surface area contributed by atoms with Crippen LogP contribution < -0.4 is 19.8 Å². The van der Waals surface area contributed by atoms with Crippen LogP contribution in [0.15, 0.2) is 100 Å². The third-order valence-electron chi connectivity index (χ3n) is 6.59. The number of hydrogen-bond acceptors (Lipinski definition) is 5. The van der Waals surface area contributed by atoms with E-state index >= 15 is 0 Å². The molecular weight excluding hydrogens is 502 g/mol. The zero-order valence-electron chi connectivity index (χ0n) is 20.6. The van der Waals surface area contributed by atoms with Crippen molar-refractivity contribution in [2.45, 2.75) is 13.0 Å². The summed E-state index contributed by atoms with van der Waals surface area (Å²) in [6.45, 7) is 1.91. The van der Waals surface area contributed by atoms with Crippen molar-refractivity contribution in [3.8, 4) is 17.2 Å². The molecule has 6 rings (SSSR count). The van der Waals surface area contributed by atoms with Crippen molar-refractivity contribution in [3.05, 3.63) is 129 Å². The number of fused-ring (bicyclic) bond motifs is 2. The molecule has 1 unspecified atom stereocenters. The number of halogens is 1. The second-order valence-electron chi connectivity index (χ2n) is 9.06. The molecule has 0 saturated carbocycles. The maximum absolute atomic E-state index is 13.9. The van der Waals surface area contributed by atoms with Gasteiger partial charge in [-0.25, -0.2) is 0 Å². The first-order valence-electron chi connectivity index (χ1n) is 12.0. The first-order valence-corrected chi connectivity index (χ1v) is 12.4. The maximum Gasteiger partial charge on any atom is 0.295 e. The Morgan fingerprint density at radius 1 is 0.868 bits per heavy atom. The quantitative estimate of drug-likeness (QED) is 0.242. The van der Waals surface area contributed by atoms with Crippen LogP contribution in [0.2, 0.25) is 5.02 Å². The van der Waals surface area contributed by atoms with Gasteiger partial charge in [0.1, 0.15) is 22.8 Å². The largest absolute Gasteiger partial charge is 0.495 e. The first-order chi connectivity index (χ1) is 18.4. The van der Waals surface area contributed by atoms with Crippen LogP contribution in [0.25, 0.3) is 11.0 Å². The molecule has 0 aliphatic carbocycles. The maximum atomic E-state index is 13.9. The lowest BCUT2D eigenvalue weighted by atomic mass is 9.97. The standard InChI is InChI=1S/C31H22ClNO5/c1-18-11-13-25-23(15-18)29(34)27-28(19-7-6-10-22(16-19)37-21-8-4-3-5-9-21)33(31(35)30(27)38-25)20-12-14-26(36-2)24(32)17-20/h3-17,28H,1-2H3. The van der Waals surface area contributed by atoms with Gasteiger partial charge in [0.05, 0.1) is 29.1 Å². The Morgan fingerprint density at radius 3 is 2.42 bits per heavy atom. The van der Waals surface area contributed by atoms with Gasteiger partial charge in [-0.3, -0.25) is 14.5 Å². The SMILES string of the molecule is COc1ccc(N2C(=O)c3oc4ccc(C)cc4c(=O)c3C2c2cccc(Oc3ccccc3)c2)cc1Cl. The second kappa shape index (κ2) is 9.39. The lowest BCUT2D eigenvalue weighted by Crippen LogP contribution is -2.29. The molecule has 7 heteroatoms. The number of ether oxygens (including phenoxy) is 2. The van der Waals surface area contributed by atoms with E-state index in [0.717, 1.165) is 5.56 Å². The number of amides is 1. The molecule has 0 spiro atoms. The molecule has 1 amide bonds. The number of methoxy groups -OCH3 is 1. The number of nitrogens with zero attached hydrogens (tertiary/aromatic N) is 1. The van der Waals surface area contributed by atoms with Crippen LogP contribution >= 0.6 is 11.6 Å². The van der Waals surface area contributed by atoms with Gasteiger partial charge in [-0.2, -0.15) is 0 Å². The average Bonchev–Trinajstić information content (AvgIpc) is 3.22. The van der Waals surface area contributed by atoms with Gasteiger partial charge in [0, 0.05) is 5.69 Å². The van der Waals surface area contributed by atoms with Crippen LogP contribution in [-0.4, -0.2) is 13.0 Å². The van der Waals surface area contributed by atoms with Gasteiger partial charge in [-0.15, -0.1) is 0 Å². The monoisotopic (exact) mass is 523 g/mol. The van der Waals surface area contributed by atoms with Gasteiger partial charge in [-0.1, -0.05) is 53.6 Å². The molecule has 2 heterocycles. The normalized spacial score (nSPS) is 14.6. The van der Waals surface area contributed by atoms with E-state index in [4.69, 9.17) is 25.5 Å². The molecule has 1 aliphatic rings.